The Bertz CT molecular complexity index is 284. The second-order valence-electron chi connectivity index (χ2n) is 5.55. The highest BCUT2D eigenvalue weighted by Crippen LogP contribution is 2.24. The number of amides is 1. The van der Waals surface area contributed by atoms with Crippen LogP contribution < -0.4 is 11.1 Å². The van der Waals surface area contributed by atoms with Crippen molar-refractivity contribution >= 4 is 17.0 Å². The van der Waals surface area contributed by atoms with Crippen molar-refractivity contribution in [3.8, 4) is 0 Å². The van der Waals surface area contributed by atoms with Crippen LogP contribution in [-0.4, -0.2) is 22.1 Å². The van der Waals surface area contributed by atoms with Crippen molar-refractivity contribution in [2.75, 3.05) is 0 Å². The van der Waals surface area contributed by atoms with Crippen molar-refractivity contribution in [1.29, 1.82) is 0 Å². The van der Waals surface area contributed by atoms with E-state index in [1.165, 1.54) is 11.8 Å². The Balaban J connectivity index is 2.48. The molecule has 0 aromatic carbocycles. The van der Waals surface area contributed by atoms with Gasteiger partial charge in [0.05, 0.1) is 0 Å². The maximum absolute atomic E-state index is 11.8. The number of rotatable bonds is 1. The smallest absolute Gasteiger partial charge is 0.279 e. The molecule has 1 aliphatic carbocycles. The first-order chi connectivity index (χ1) is 7.88. The summed E-state index contributed by atoms with van der Waals surface area (Å²) in [5.41, 5.74) is 6.09. The number of allylic oxidation sites excluding steroid dienone is 1. The molecule has 0 radical (unpaired) electrons. The second-order valence-corrected chi connectivity index (χ2v) is 7.35. The Kier molecular flexibility index (Phi) is 5.53. The van der Waals surface area contributed by atoms with Gasteiger partial charge in [-0.2, -0.15) is 0 Å². The third-order valence-corrected chi connectivity index (χ3v) is 3.60. The second kappa shape index (κ2) is 6.45. The quantitative estimate of drug-likeness (QED) is 0.709. The van der Waals surface area contributed by atoms with E-state index in [0.717, 1.165) is 25.7 Å². The molecular weight excluding hydrogens is 232 g/mol. The lowest BCUT2D eigenvalue weighted by Crippen LogP contribution is -2.47. The molecule has 0 saturated heterocycles. The molecule has 1 rings (SSSR count). The van der Waals surface area contributed by atoms with Gasteiger partial charge in [0, 0.05) is 16.8 Å². The van der Waals surface area contributed by atoms with Gasteiger partial charge in [-0.05, 0) is 25.7 Å². The minimum absolute atomic E-state index is 0.0380. The fourth-order valence-electron chi connectivity index (χ4n) is 1.84. The van der Waals surface area contributed by atoms with E-state index in [0.29, 0.717) is 0 Å². The van der Waals surface area contributed by atoms with E-state index in [9.17, 15) is 4.79 Å². The van der Waals surface area contributed by atoms with E-state index >= 15 is 0 Å². The van der Waals surface area contributed by atoms with Crippen LogP contribution in [0.15, 0.2) is 12.2 Å². The zero-order valence-electron chi connectivity index (χ0n) is 11.0. The molecule has 0 fully saturated rings. The molecule has 1 amide bonds. The molecular formula is C13H24N2OS. The van der Waals surface area contributed by atoms with Crippen molar-refractivity contribution in [3.05, 3.63) is 12.2 Å². The highest BCUT2D eigenvalue weighted by atomic mass is 32.2. The van der Waals surface area contributed by atoms with Crippen molar-refractivity contribution in [1.82, 2.24) is 5.32 Å². The van der Waals surface area contributed by atoms with Crippen molar-refractivity contribution in [2.24, 2.45) is 5.73 Å². The average molecular weight is 256 g/mol. The van der Waals surface area contributed by atoms with E-state index in [1.807, 2.05) is 20.8 Å². The minimum Gasteiger partial charge on any atom is -0.343 e. The van der Waals surface area contributed by atoms with E-state index in [4.69, 9.17) is 5.73 Å². The monoisotopic (exact) mass is 256 g/mol. The van der Waals surface area contributed by atoms with Gasteiger partial charge in [0.2, 0.25) is 0 Å². The summed E-state index contributed by atoms with van der Waals surface area (Å²) in [7, 11) is 0. The first-order valence-electron chi connectivity index (χ1n) is 6.28. The highest BCUT2D eigenvalue weighted by Gasteiger charge is 2.23. The molecule has 0 spiro atoms. The molecule has 0 aromatic rings. The molecule has 0 saturated carbocycles. The molecule has 0 unspecified atom stereocenters. The van der Waals surface area contributed by atoms with Gasteiger partial charge in [-0.25, -0.2) is 0 Å². The van der Waals surface area contributed by atoms with Crippen LogP contribution >= 0.6 is 11.8 Å². The highest BCUT2D eigenvalue weighted by molar-refractivity contribution is 8.14. The molecule has 2 atom stereocenters. The Labute approximate surface area is 109 Å². The first kappa shape index (κ1) is 14.6. The molecule has 98 valence electrons. The maximum atomic E-state index is 11.8. The molecule has 0 bridgehead atoms. The third-order valence-electron chi connectivity index (χ3n) is 2.68. The summed E-state index contributed by atoms with van der Waals surface area (Å²) in [5.74, 6) is 0. The lowest BCUT2D eigenvalue weighted by Gasteiger charge is -2.27. The van der Waals surface area contributed by atoms with Crippen LogP contribution in [0.4, 0.5) is 4.79 Å². The van der Waals surface area contributed by atoms with Gasteiger partial charge in [-0.1, -0.05) is 44.7 Å². The third kappa shape index (κ3) is 6.13. The summed E-state index contributed by atoms with van der Waals surface area (Å²) in [5, 5.41) is 3.10. The molecule has 3 N–H and O–H groups in total. The number of carbonyl (C=O) groups excluding carboxylic acids is 1. The van der Waals surface area contributed by atoms with Gasteiger partial charge in [-0.15, -0.1) is 0 Å². The topological polar surface area (TPSA) is 55.1 Å². The molecule has 17 heavy (non-hydrogen) atoms. The molecule has 3 nitrogen and oxygen atoms in total. The van der Waals surface area contributed by atoms with Crippen LogP contribution in [-0.2, 0) is 0 Å². The predicted octanol–water partition coefficient (Wildman–Crippen LogP) is 3.05. The molecule has 4 heteroatoms. The van der Waals surface area contributed by atoms with Crippen LogP contribution in [0, 0.1) is 0 Å². The number of carbonyl (C=O) groups is 1. The Morgan fingerprint density at radius 1 is 1.41 bits per heavy atom. The van der Waals surface area contributed by atoms with Gasteiger partial charge in [0.25, 0.3) is 5.24 Å². The Morgan fingerprint density at radius 3 is 2.76 bits per heavy atom. The van der Waals surface area contributed by atoms with Crippen molar-refractivity contribution < 1.29 is 4.79 Å². The zero-order valence-corrected chi connectivity index (χ0v) is 11.8. The number of nitrogens with two attached hydrogens (primary N) is 1. The summed E-state index contributed by atoms with van der Waals surface area (Å²) >= 11 is 1.34. The largest absolute Gasteiger partial charge is 0.343 e. The minimum atomic E-state index is -0.0459. The summed E-state index contributed by atoms with van der Waals surface area (Å²) in [6, 6.07) is 0.151. The van der Waals surface area contributed by atoms with Crippen LogP contribution in [0.5, 0.6) is 0 Å². The number of hydrogen-bond acceptors (Lipinski definition) is 3. The van der Waals surface area contributed by atoms with E-state index in [1.54, 1.807) is 0 Å². The summed E-state index contributed by atoms with van der Waals surface area (Å²) in [4.78, 5) is 11.8. The van der Waals surface area contributed by atoms with E-state index in [2.05, 4.69) is 17.5 Å². The first-order valence-corrected chi connectivity index (χ1v) is 7.10. The van der Waals surface area contributed by atoms with Gasteiger partial charge in [0.1, 0.15) is 0 Å². The number of thioether (sulfide) groups is 1. The lowest BCUT2D eigenvalue weighted by atomic mass is 9.97. The molecule has 0 aromatic heterocycles. The zero-order chi connectivity index (χ0) is 12.9. The van der Waals surface area contributed by atoms with Crippen LogP contribution in [0.1, 0.15) is 46.5 Å². The number of nitrogens with one attached hydrogen (secondary N) is 1. The molecule has 0 aliphatic heterocycles. The summed E-state index contributed by atoms with van der Waals surface area (Å²) < 4.78 is -0.0459. The van der Waals surface area contributed by atoms with Gasteiger partial charge >= 0.3 is 0 Å². The molecule has 0 heterocycles. The van der Waals surface area contributed by atoms with Gasteiger partial charge in [0.15, 0.2) is 0 Å². The van der Waals surface area contributed by atoms with Crippen molar-refractivity contribution in [3.63, 3.8) is 0 Å². The fourth-order valence-corrected chi connectivity index (χ4v) is 2.61. The predicted molar refractivity (Wildman–Crippen MR) is 75.2 cm³/mol. The Hall–Kier alpha value is -0.480. The van der Waals surface area contributed by atoms with E-state index < -0.39 is 0 Å². The fraction of sp³-hybridized carbons (Fsp3) is 0.769. The maximum Gasteiger partial charge on any atom is 0.279 e. The average Bonchev–Trinajstić information content (AvgIpc) is 2.15. The van der Waals surface area contributed by atoms with Gasteiger partial charge < -0.3 is 11.1 Å². The lowest BCUT2D eigenvalue weighted by molar-refractivity contribution is 0.253. The van der Waals surface area contributed by atoms with Crippen LogP contribution in [0.2, 0.25) is 0 Å². The van der Waals surface area contributed by atoms with Crippen LogP contribution in [0.3, 0.4) is 0 Å². The number of hydrogen-bond donors (Lipinski definition) is 2. The van der Waals surface area contributed by atoms with Crippen molar-refractivity contribution in [2.45, 2.75) is 63.3 Å². The van der Waals surface area contributed by atoms with Gasteiger partial charge in [-0.3, -0.25) is 4.79 Å². The molecule has 1 aliphatic rings. The summed E-state index contributed by atoms with van der Waals surface area (Å²) in [6.45, 7) is 6.12. The van der Waals surface area contributed by atoms with Crippen LogP contribution in [0.25, 0.3) is 0 Å². The Morgan fingerprint density at radius 2 is 2.12 bits per heavy atom. The standard InChI is InChI=1S/C13H24N2OS/c1-13(2,3)17-12(16)15-11-9-7-5-4-6-8-10(11)14/h4,6,10-11H,5,7-9,14H2,1-3H3,(H,15,16)/b6-4+/t10-,11+/m0/s1. The normalized spacial score (nSPS) is 28.0. The van der Waals surface area contributed by atoms with E-state index in [-0.39, 0.29) is 22.1 Å². The summed E-state index contributed by atoms with van der Waals surface area (Å²) in [6.07, 6.45) is 8.32. The SMILES string of the molecule is CC(C)(C)SC(=O)N[C@@H]1CCC/C=C/C[C@@H]1N.